The van der Waals surface area contributed by atoms with E-state index in [1.807, 2.05) is 60.7 Å². The Morgan fingerprint density at radius 1 is 0.214 bits per heavy atom. The average Bonchev–Trinajstić information content (AvgIpc) is 3.09. The Morgan fingerprint density at radius 2 is 0.500 bits per heavy atom. The molecule has 1 aromatic heterocycles. The van der Waals surface area contributed by atoms with E-state index in [4.69, 9.17) is 15.0 Å². The van der Waals surface area contributed by atoms with Crippen LogP contribution in [0.3, 0.4) is 0 Å². The van der Waals surface area contributed by atoms with E-state index < -0.39 is 0 Å². The largest absolute Gasteiger partial charge is 0.208 e. The predicted molar refractivity (Wildman–Crippen MR) is 172 cm³/mol. The molecule has 0 saturated carbocycles. The number of hydrogen-bond acceptors (Lipinski definition) is 3. The molecule has 0 spiro atoms. The molecule has 198 valence electrons. The summed E-state index contributed by atoms with van der Waals surface area (Å²) in [5.74, 6) is 1.96. The Labute approximate surface area is 245 Å². The van der Waals surface area contributed by atoms with Gasteiger partial charge in [-0.15, -0.1) is 0 Å². The van der Waals surface area contributed by atoms with Crippen molar-refractivity contribution < 1.29 is 0 Å². The maximum atomic E-state index is 4.94. The van der Waals surface area contributed by atoms with Crippen molar-refractivity contribution in [2.24, 2.45) is 0 Å². The van der Waals surface area contributed by atoms with E-state index in [2.05, 4.69) is 103 Å². The first-order chi connectivity index (χ1) is 20.8. The topological polar surface area (TPSA) is 38.7 Å². The maximum Gasteiger partial charge on any atom is 0.164 e. The Balaban J connectivity index is 1.37. The Bertz CT molecular complexity index is 1700. The van der Waals surface area contributed by atoms with E-state index in [9.17, 15) is 0 Å². The normalized spacial score (nSPS) is 10.9. The minimum Gasteiger partial charge on any atom is -0.208 e. The van der Waals surface area contributed by atoms with Crippen LogP contribution in [0.5, 0.6) is 0 Å². The molecule has 7 aromatic rings. The molecule has 6 aromatic carbocycles. The number of aromatic nitrogens is 3. The molecule has 0 fully saturated rings. The minimum absolute atomic E-state index is 0.645. The summed E-state index contributed by atoms with van der Waals surface area (Å²) in [4.78, 5) is 14.7. The average molecular weight is 538 g/mol. The Kier molecular flexibility index (Phi) is 6.89. The number of benzene rings is 6. The van der Waals surface area contributed by atoms with Crippen LogP contribution >= 0.6 is 0 Å². The number of rotatable bonds is 6. The van der Waals surface area contributed by atoms with Crippen LogP contribution in [0.1, 0.15) is 0 Å². The fourth-order valence-corrected chi connectivity index (χ4v) is 5.16. The molecule has 1 heterocycles. The third kappa shape index (κ3) is 5.36. The minimum atomic E-state index is 0.645. The Morgan fingerprint density at radius 3 is 0.929 bits per heavy atom. The first kappa shape index (κ1) is 25.3. The van der Waals surface area contributed by atoms with Gasteiger partial charge < -0.3 is 0 Å². The summed E-state index contributed by atoms with van der Waals surface area (Å²) >= 11 is 0. The van der Waals surface area contributed by atoms with Gasteiger partial charge in [-0.05, 0) is 57.6 Å². The summed E-state index contributed by atoms with van der Waals surface area (Å²) in [5.41, 5.74) is 9.81. The van der Waals surface area contributed by atoms with Gasteiger partial charge in [0.15, 0.2) is 17.5 Å². The second-order valence-corrected chi connectivity index (χ2v) is 10.2. The number of hydrogen-bond donors (Lipinski definition) is 0. The fourth-order valence-electron chi connectivity index (χ4n) is 5.16. The van der Waals surface area contributed by atoms with Crippen molar-refractivity contribution in [3.63, 3.8) is 0 Å². The highest BCUT2D eigenvalue weighted by molar-refractivity contribution is 5.82. The highest BCUT2D eigenvalue weighted by atomic mass is 15.0. The summed E-state index contributed by atoms with van der Waals surface area (Å²) < 4.78 is 0. The molecule has 0 bridgehead atoms. The highest BCUT2D eigenvalue weighted by Gasteiger charge is 2.14. The van der Waals surface area contributed by atoms with Crippen LogP contribution in [0.2, 0.25) is 0 Å². The van der Waals surface area contributed by atoms with E-state index in [0.29, 0.717) is 17.5 Å². The zero-order chi connectivity index (χ0) is 28.1. The van der Waals surface area contributed by atoms with Gasteiger partial charge in [0.05, 0.1) is 0 Å². The zero-order valence-electron chi connectivity index (χ0n) is 22.9. The molecule has 0 atom stereocenters. The van der Waals surface area contributed by atoms with Crippen LogP contribution < -0.4 is 0 Å². The molecule has 3 nitrogen and oxygen atoms in total. The highest BCUT2D eigenvalue weighted by Crippen LogP contribution is 2.34. The smallest absolute Gasteiger partial charge is 0.164 e. The lowest BCUT2D eigenvalue weighted by Crippen LogP contribution is -2.00. The van der Waals surface area contributed by atoms with Gasteiger partial charge >= 0.3 is 0 Å². The zero-order valence-corrected chi connectivity index (χ0v) is 22.9. The first-order valence-electron chi connectivity index (χ1n) is 14.0. The van der Waals surface area contributed by atoms with Crippen LogP contribution in [0.25, 0.3) is 67.5 Å². The van der Waals surface area contributed by atoms with E-state index in [1.165, 1.54) is 22.3 Å². The summed E-state index contributed by atoms with van der Waals surface area (Å²) in [6, 6.07) is 56.5. The van der Waals surface area contributed by atoms with Crippen molar-refractivity contribution in [2.45, 2.75) is 0 Å². The standard InChI is InChI=1S/C39H27N3/c1-5-14-28(15-6-1)34-25-35(29-16-7-2-8-17-29)27-36(26-34)32-22-13-23-33(24-32)39-41-37(30-18-9-3-10-19-30)40-38(42-39)31-20-11-4-12-21-31/h1-27H. The van der Waals surface area contributed by atoms with E-state index in [0.717, 1.165) is 27.8 Å². The van der Waals surface area contributed by atoms with Crippen LogP contribution in [-0.4, -0.2) is 15.0 Å². The Hall–Kier alpha value is -5.67. The van der Waals surface area contributed by atoms with Crippen molar-refractivity contribution in [1.29, 1.82) is 0 Å². The lowest BCUT2D eigenvalue weighted by molar-refractivity contribution is 1.07. The van der Waals surface area contributed by atoms with E-state index in [-0.39, 0.29) is 0 Å². The first-order valence-corrected chi connectivity index (χ1v) is 14.0. The van der Waals surface area contributed by atoms with Crippen LogP contribution in [-0.2, 0) is 0 Å². The molecule has 3 heteroatoms. The van der Waals surface area contributed by atoms with Gasteiger partial charge in [0, 0.05) is 16.7 Å². The van der Waals surface area contributed by atoms with Crippen LogP contribution in [0, 0.1) is 0 Å². The molecule has 0 aliphatic carbocycles. The molecular weight excluding hydrogens is 510 g/mol. The molecule has 0 N–H and O–H groups in total. The fraction of sp³-hybridized carbons (Fsp3) is 0. The molecule has 0 radical (unpaired) electrons. The molecule has 0 saturated heterocycles. The van der Waals surface area contributed by atoms with Gasteiger partial charge in [-0.3, -0.25) is 0 Å². The quantitative estimate of drug-likeness (QED) is 0.212. The van der Waals surface area contributed by atoms with Crippen LogP contribution in [0.4, 0.5) is 0 Å². The maximum absolute atomic E-state index is 4.94. The monoisotopic (exact) mass is 537 g/mol. The van der Waals surface area contributed by atoms with Gasteiger partial charge in [0.1, 0.15) is 0 Å². The van der Waals surface area contributed by atoms with Crippen LogP contribution in [0.15, 0.2) is 164 Å². The van der Waals surface area contributed by atoms with Gasteiger partial charge in [-0.25, -0.2) is 15.0 Å². The lowest BCUT2D eigenvalue weighted by atomic mass is 9.93. The summed E-state index contributed by atoms with van der Waals surface area (Å²) in [5, 5.41) is 0. The van der Waals surface area contributed by atoms with Crippen molar-refractivity contribution in [2.75, 3.05) is 0 Å². The molecule has 0 amide bonds. The van der Waals surface area contributed by atoms with E-state index >= 15 is 0 Å². The van der Waals surface area contributed by atoms with Gasteiger partial charge in [0.2, 0.25) is 0 Å². The third-order valence-electron chi connectivity index (χ3n) is 7.30. The molecular formula is C39H27N3. The predicted octanol–water partition coefficient (Wildman–Crippen LogP) is 9.87. The van der Waals surface area contributed by atoms with Crippen molar-refractivity contribution >= 4 is 0 Å². The second kappa shape index (κ2) is 11.4. The van der Waals surface area contributed by atoms with Crippen molar-refractivity contribution in [3.05, 3.63) is 164 Å². The van der Waals surface area contributed by atoms with Gasteiger partial charge in [-0.1, -0.05) is 140 Å². The molecule has 7 rings (SSSR count). The third-order valence-corrected chi connectivity index (χ3v) is 7.30. The van der Waals surface area contributed by atoms with Gasteiger partial charge in [-0.2, -0.15) is 0 Å². The SMILES string of the molecule is c1ccc(-c2cc(-c3ccccc3)cc(-c3cccc(-c4nc(-c5ccccc5)nc(-c5ccccc5)n4)c3)c2)cc1. The van der Waals surface area contributed by atoms with E-state index in [1.54, 1.807) is 0 Å². The van der Waals surface area contributed by atoms with Gasteiger partial charge in [0.25, 0.3) is 0 Å². The lowest BCUT2D eigenvalue weighted by Gasteiger charge is -2.13. The second-order valence-electron chi connectivity index (χ2n) is 10.2. The molecule has 0 aliphatic heterocycles. The molecule has 0 aliphatic rings. The summed E-state index contributed by atoms with van der Waals surface area (Å²) in [6.07, 6.45) is 0. The summed E-state index contributed by atoms with van der Waals surface area (Å²) in [6.45, 7) is 0. The number of nitrogens with zero attached hydrogens (tertiary/aromatic N) is 3. The molecule has 0 unspecified atom stereocenters. The van der Waals surface area contributed by atoms with Crippen molar-refractivity contribution in [3.8, 4) is 67.5 Å². The van der Waals surface area contributed by atoms with Crippen molar-refractivity contribution in [1.82, 2.24) is 15.0 Å². The summed E-state index contributed by atoms with van der Waals surface area (Å²) in [7, 11) is 0. The molecule has 42 heavy (non-hydrogen) atoms.